The van der Waals surface area contributed by atoms with Crippen molar-refractivity contribution in [3.63, 3.8) is 0 Å². The predicted molar refractivity (Wildman–Crippen MR) is 155 cm³/mol. The maximum absolute atomic E-state index is 13.8. The summed E-state index contributed by atoms with van der Waals surface area (Å²) in [6.07, 6.45) is 1.79. The summed E-state index contributed by atoms with van der Waals surface area (Å²) in [5.74, 6) is -2.93. The molecule has 1 heterocycles. The Morgan fingerprint density at radius 3 is 1.73 bits per heavy atom. The molecule has 1 fully saturated rings. The first kappa shape index (κ1) is 27.7. The van der Waals surface area contributed by atoms with E-state index in [9.17, 15) is 19.2 Å². The van der Waals surface area contributed by atoms with Crippen molar-refractivity contribution >= 4 is 46.8 Å². The van der Waals surface area contributed by atoms with Gasteiger partial charge in [0, 0.05) is 18.5 Å². The van der Waals surface area contributed by atoms with Crippen LogP contribution in [0.3, 0.4) is 0 Å². The largest absolute Gasteiger partial charge is 0.457 e. The molecule has 0 radical (unpaired) electrons. The lowest BCUT2D eigenvalue weighted by atomic mass is 9.54. The molecule has 0 N–H and O–H groups in total. The van der Waals surface area contributed by atoms with E-state index in [1.54, 1.807) is 12.1 Å². The normalized spacial score (nSPS) is 25.5. The second-order valence-electron chi connectivity index (χ2n) is 11.1. The number of amides is 2. The number of likely N-dealkylation sites (tertiary alicyclic amines) is 1. The van der Waals surface area contributed by atoms with Gasteiger partial charge in [-0.1, -0.05) is 84.8 Å². The van der Waals surface area contributed by atoms with E-state index < -0.39 is 27.6 Å². The van der Waals surface area contributed by atoms with E-state index in [0.717, 1.165) is 27.8 Å². The number of hydrogen-bond donors (Lipinski definition) is 0. The van der Waals surface area contributed by atoms with E-state index in [0.29, 0.717) is 24.8 Å². The molecule has 3 aromatic carbocycles. The molecule has 2 bridgehead atoms. The third-order valence-corrected chi connectivity index (χ3v) is 9.96. The molecule has 0 aromatic heterocycles. The Bertz CT molecular complexity index is 1440. The first-order chi connectivity index (χ1) is 19.7. The van der Waals surface area contributed by atoms with Crippen LogP contribution in [0.15, 0.2) is 72.8 Å². The fourth-order valence-corrected chi connectivity index (χ4v) is 7.80. The Balaban J connectivity index is 1.08. The SMILES string of the molecule is Cc1ccc(C(=O)COC(=O)CCCCCN2C(=O)[C@@H]3[C@H](C2=O)C2(Cl)c4ccccc4C3(Cl)c3ccccc32)cc1. The molecule has 6 nitrogen and oxygen atoms in total. The van der Waals surface area contributed by atoms with Gasteiger partial charge in [0.05, 0.1) is 11.8 Å². The number of Topliss-reactive ketones (excluding diaryl/α,β-unsaturated/α-hetero) is 1. The molecule has 2 amide bonds. The molecule has 0 saturated carbocycles. The number of esters is 1. The lowest BCUT2D eigenvalue weighted by Crippen LogP contribution is -2.57. The van der Waals surface area contributed by atoms with Crippen LogP contribution in [-0.2, 0) is 28.9 Å². The van der Waals surface area contributed by atoms with Crippen molar-refractivity contribution in [1.82, 2.24) is 4.90 Å². The Hall–Kier alpha value is -3.48. The van der Waals surface area contributed by atoms with Crippen LogP contribution in [0.2, 0.25) is 0 Å². The van der Waals surface area contributed by atoms with Crippen LogP contribution in [0.1, 0.15) is 63.9 Å². The number of benzene rings is 3. The number of nitrogens with zero attached hydrogens (tertiary/aromatic N) is 1. The van der Waals surface area contributed by atoms with Gasteiger partial charge in [0.15, 0.2) is 12.4 Å². The molecule has 4 aliphatic rings. The van der Waals surface area contributed by atoms with Crippen LogP contribution in [-0.4, -0.2) is 41.6 Å². The highest BCUT2D eigenvalue weighted by atomic mass is 35.5. The Kier molecular flexibility index (Phi) is 7.03. The summed E-state index contributed by atoms with van der Waals surface area (Å²) in [6, 6.07) is 22.2. The van der Waals surface area contributed by atoms with Crippen molar-refractivity contribution in [2.24, 2.45) is 11.8 Å². The van der Waals surface area contributed by atoms with E-state index in [1.807, 2.05) is 67.6 Å². The molecule has 0 spiro atoms. The number of imide groups is 1. The third kappa shape index (κ3) is 4.22. The number of ether oxygens (including phenoxy) is 1. The molecule has 2 atom stereocenters. The highest BCUT2D eigenvalue weighted by molar-refractivity contribution is 6.36. The van der Waals surface area contributed by atoms with Crippen LogP contribution in [0.4, 0.5) is 0 Å². The van der Waals surface area contributed by atoms with Gasteiger partial charge in [0.1, 0.15) is 9.75 Å². The van der Waals surface area contributed by atoms with Crippen molar-refractivity contribution in [2.45, 2.75) is 42.4 Å². The molecule has 3 aliphatic carbocycles. The summed E-state index contributed by atoms with van der Waals surface area (Å²) in [5.41, 5.74) is 4.65. The van der Waals surface area contributed by atoms with Crippen molar-refractivity contribution in [3.8, 4) is 0 Å². The molecule has 3 aromatic rings. The van der Waals surface area contributed by atoms with E-state index in [2.05, 4.69) is 0 Å². The first-order valence-electron chi connectivity index (χ1n) is 13.9. The van der Waals surface area contributed by atoms with Gasteiger partial charge in [0.25, 0.3) is 0 Å². The molecular formula is C33H29Cl2NO5. The summed E-state index contributed by atoms with van der Waals surface area (Å²) in [4.78, 5) is 51.0. The van der Waals surface area contributed by atoms with E-state index in [-0.39, 0.29) is 37.2 Å². The lowest BCUT2D eigenvalue weighted by Gasteiger charge is -2.54. The number of hydrogen-bond acceptors (Lipinski definition) is 5. The summed E-state index contributed by atoms with van der Waals surface area (Å²) < 4.78 is 5.14. The number of unbranched alkanes of at least 4 members (excludes halogenated alkanes) is 2. The number of aryl methyl sites for hydroxylation is 1. The highest BCUT2D eigenvalue weighted by Gasteiger charge is 2.72. The summed E-state index contributed by atoms with van der Waals surface area (Å²) in [5, 5.41) is 0. The average Bonchev–Trinajstić information content (AvgIpc) is 3.25. The highest BCUT2D eigenvalue weighted by Crippen LogP contribution is 2.69. The van der Waals surface area contributed by atoms with Gasteiger partial charge in [-0.25, -0.2) is 0 Å². The van der Waals surface area contributed by atoms with Gasteiger partial charge in [-0.3, -0.25) is 24.1 Å². The monoisotopic (exact) mass is 589 g/mol. The van der Waals surface area contributed by atoms with Crippen LogP contribution in [0.5, 0.6) is 0 Å². The summed E-state index contributed by atoms with van der Waals surface area (Å²) in [6.45, 7) is 1.85. The van der Waals surface area contributed by atoms with E-state index >= 15 is 0 Å². The smallest absolute Gasteiger partial charge is 0.306 e. The zero-order chi connectivity index (χ0) is 28.9. The zero-order valence-corrected chi connectivity index (χ0v) is 24.1. The maximum Gasteiger partial charge on any atom is 0.306 e. The van der Waals surface area contributed by atoms with E-state index in [4.69, 9.17) is 27.9 Å². The molecule has 1 saturated heterocycles. The number of rotatable bonds is 9. The standard InChI is InChI=1S/C33H29Cl2NO5/c1-20-14-16-21(17-15-20)26(37)19-41-27(38)13-3-2-8-18-36-30(39)28-29(31(36)40)33(35)23-10-5-4-9-22(23)32(28,34)24-11-6-7-12-25(24)33/h4-7,9-12,14-17,28-29H,2-3,8,13,18-19H2,1H3/t28-,29+,32?,33?. The van der Waals surface area contributed by atoms with Gasteiger partial charge in [-0.2, -0.15) is 0 Å². The minimum Gasteiger partial charge on any atom is -0.457 e. The van der Waals surface area contributed by atoms with Gasteiger partial charge >= 0.3 is 5.97 Å². The van der Waals surface area contributed by atoms with Crippen LogP contribution in [0.25, 0.3) is 0 Å². The van der Waals surface area contributed by atoms with Crippen molar-refractivity contribution in [1.29, 1.82) is 0 Å². The zero-order valence-electron chi connectivity index (χ0n) is 22.6. The molecular weight excluding hydrogens is 561 g/mol. The van der Waals surface area contributed by atoms with Gasteiger partial charge in [-0.05, 0) is 42.0 Å². The number of halogens is 2. The molecule has 0 unspecified atom stereocenters. The molecule has 8 heteroatoms. The van der Waals surface area contributed by atoms with Gasteiger partial charge < -0.3 is 4.74 Å². The topological polar surface area (TPSA) is 80.8 Å². The minimum atomic E-state index is -1.18. The first-order valence-corrected chi connectivity index (χ1v) is 14.6. The van der Waals surface area contributed by atoms with Crippen LogP contribution >= 0.6 is 23.2 Å². The number of carbonyl (C=O) groups excluding carboxylic acids is 4. The third-order valence-electron chi connectivity index (χ3n) is 8.68. The second-order valence-corrected chi connectivity index (χ2v) is 12.3. The fourth-order valence-electron chi connectivity index (χ4n) is 6.70. The number of ketones is 1. The van der Waals surface area contributed by atoms with Crippen LogP contribution < -0.4 is 0 Å². The molecule has 7 rings (SSSR count). The average molecular weight is 591 g/mol. The maximum atomic E-state index is 13.8. The van der Waals surface area contributed by atoms with Crippen molar-refractivity contribution in [3.05, 3.63) is 106 Å². The van der Waals surface area contributed by atoms with Crippen LogP contribution in [0, 0.1) is 18.8 Å². The second kappa shape index (κ2) is 10.4. The summed E-state index contributed by atoms with van der Waals surface area (Å²) >= 11 is 14.9. The van der Waals surface area contributed by atoms with E-state index in [1.165, 1.54) is 4.90 Å². The fraction of sp³-hybridized carbons (Fsp3) is 0.333. The molecule has 41 heavy (non-hydrogen) atoms. The van der Waals surface area contributed by atoms with Crippen molar-refractivity contribution < 1.29 is 23.9 Å². The Morgan fingerprint density at radius 1 is 0.756 bits per heavy atom. The number of carbonyl (C=O) groups is 4. The quantitative estimate of drug-likeness (QED) is 0.102. The van der Waals surface area contributed by atoms with Crippen molar-refractivity contribution in [2.75, 3.05) is 13.2 Å². The van der Waals surface area contributed by atoms with Gasteiger partial charge in [0.2, 0.25) is 11.8 Å². The molecule has 1 aliphatic heterocycles. The number of alkyl halides is 2. The summed E-state index contributed by atoms with van der Waals surface area (Å²) in [7, 11) is 0. The Labute approximate surface area is 248 Å². The lowest BCUT2D eigenvalue weighted by molar-refractivity contribution is -0.143. The molecule has 210 valence electrons. The minimum absolute atomic E-state index is 0.147. The predicted octanol–water partition coefficient (Wildman–Crippen LogP) is 5.87. The Morgan fingerprint density at radius 2 is 1.24 bits per heavy atom. The van der Waals surface area contributed by atoms with Gasteiger partial charge in [-0.15, -0.1) is 23.2 Å².